The quantitative estimate of drug-likeness (QED) is 0.166. The SMILES string of the molecule is CCCCC(C)(c1ccc(-c2ccc3ccccc3c2)cc1)c1ccc(-c2nc(-c3ccccc3)cc(-c3ccccc3)n2)cc1. The molecule has 2 nitrogen and oxygen atoms in total. The van der Waals surface area contributed by atoms with Crippen LogP contribution in [-0.2, 0) is 5.41 Å². The fraction of sp³-hybridized carbons (Fsp3) is 0.136. The van der Waals surface area contributed by atoms with E-state index in [9.17, 15) is 0 Å². The third kappa shape index (κ3) is 5.99. The van der Waals surface area contributed by atoms with Gasteiger partial charge >= 0.3 is 0 Å². The molecule has 46 heavy (non-hydrogen) atoms. The standard InChI is InChI=1S/C44H38N2/c1-3-4-29-44(2,39-25-21-33(22-26-39)38-20-19-32-13-11-12-18-37(32)30-38)40-27-23-36(24-28-40)43-45-41(34-14-7-5-8-15-34)31-42(46-43)35-16-9-6-10-17-35/h5-28,30-31H,3-4,29H2,1-2H3. The van der Waals surface area contributed by atoms with Gasteiger partial charge in [-0.1, -0.05) is 172 Å². The van der Waals surface area contributed by atoms with Crippen molar-refractivity contribution in [1.29, 1.82) is 0 Å². The Morgan fingerprint density at radius 2 is 0.957 bits per heavy atom. The second-order valence-electron chi connectivity index (χ2n) is 12.3. The summed E-state index contributed by atoms with van der Waals surface area (Å²) in [5, 5.41) is 2.54. The van der Waals surface area contributed by atoms with Gasteiger partial charge in [0.2, 0.25) is 0 Å². The molecule has 0 aliphatic carbocycles. The molecule has 6 aromatic carbocycles. The van der Waals surface area contributed by atoms with Crippen molar-refractivity contribution in [3.63, 3.8) is 0 Å². The molecule has 1 heterocycles. The van der Waals surface area contributed by atoms with E-state index < -0.39 is 0 Å². The topological polar surface area (TPSA) is 25.8 Å². The highest BCUT2D eigenvalue weighted by atomic mass is 14.9. The Morgan fingerprint density at radius 1 is 0.457 bits per heavy atom. The molecule has 0 saturated heterocycles. The van der Waals surface area contributed by atoms with Crippen LogP contribution < -0.4 is 0 Å². The van der Waals surface area contributed by atoms with Crippen LogP contribution in [-0.4, -0.2) is 9.97 Å². The molecule has 0 aliphatic heterocycles. The summed E-state index contributed by atoms with van der Waals surface area (Å²) in [6.45, 7) is 4.66. The van der Waals surface area contributed by atoms with Gasteiger partial charge in [-0.15, -0.1) is 0 Å². The molecular formula is C44H38N2. The normalized spacial score (nSPS) is 12.6. The molecule has 0 N–H and O–H groups in total. The first kappa shape index (κ1) is 29.4. The maximum atomic E-state index is 5.05. The minimum absolute atomic E-state index is 0.113. The summed E-state index contributed by atoms with van der Waals surface area (Å²) >= 11 is 0. The minimum atomic E-state index is -0.113. The molecule has 0 radical (unpaired) electrons. The lowest BCUT2D eigenvalue weighted by atomic mass is 9.72. The Hall–Kier alpha value is -5.34. The van der Waals surface area contributed by atoms with E-state index in [-0.39, 0.29) is 5.41 Å². The van der Waals surface area contributed by atoms with Crippen LogP contribution in [0, 0.1) is 0 Å². The van der Waals surface area contributed by atoms with Crippen molar-refractivity contribution in [3.8, 4) is 45.0 Å². The number of benzene rings is 6. The molecule has 0 fully saturated rings. The van der Waals surface area contributed by atoms with E-state index in [0.717, 1.165) is 53.2 Å². The molecule has 1 aromatic heterocycles. The Balaban J connectivity index is 1.23. The van der Waals surface area contributed by atoms with Crippen molar-refractivity contribution in [3.05, 3.63) is 169 Å². The van der Waals surface area contributed by atoms with E-state index in [1.54, 1.807) is 0 Å². The number of fused-ring (bicyclic) bond motifs is 1. The summed E-state index contributed by atoms with van der Waals surface area (Å²) in [4.78, 5) is 10.1. The van der Waals surface area contributed by atoms with Gasteiger partial charge in [-0.3, -0.25) is 0 Å². The van der Waals surface area contributed by atoms with E-state index >= 15 is 0 Å². The van der Waals surface area contributed by atoms with Crippen LogP contribution in [0.2, 0.25) is 0 Å². The summed E-state index contributed by atoms with van der Waals surface area (Å²) in [6, 6.07) is 56.3. The summed E-state index contributed by atoms with van der Waals surface area (Å²) in [5.74, 6) is 0.738. The summed E-state index contributed by atoms with van der Waals surface area (Å²) in [6.07, 6.45) is 3.40. The molecule has 7 rings (SSSR count). The fourth-order valence-electron chi connectivity index (χ4n) is 6.46. The number of aromatic nitrogens is 2. The summed E-state index contributed by atoms with van der Waals surface area (Å²) < 4.78 is 0. The first-order valence-electron chi connectivity index (χ1n) is 16.3. The molecule has 0 aliphatic rings. The van der Waals surface area contributed by atoms with Crippen LogP contribution in [0.5, 0.6) is 0 Å². The van der Waals surface area contributed by atoms with Crippen molar-refractivity contribution < 1.29 is 0 Å². The lowest BCUT2D eigenvalue weighted by Gasteiger charge is -2.31. The molecule has 1 unspecified atom stereocenters. The molecule has 0 saturated carbocycles. The van der Waals surface area contributed by atoms with Gasteiger partial charge in [0, 0.05) is 22.1 Å². The third-order valence-corrected chi connectivity index (χ3v) is 9.28. The first-order valence-corrected chi connectivity index (χ1v) is 16.3. The van der Waals surface area contributed by atoms with Crippen LogP contribution in [0.3, 0.4) is 0 Å². The lowest BCUT2D eigenvalue weighted by molar-refractivity contribution is 0.493. The largest absolute Gasteiger partial charge is 0.228 e. The van der Waals surface area contributed by atoms with Gasteiger partial charge in [0.05, 0.1) is 11.4 Å². The Bertz CT molecular complexity index is 2010. The van der Waals surface area contributed by atoms with Crippen molar-refractivity contribution in [2.45, 2.75) is 38.5 Å². The Kier molecular flexibility index (Phi) is 8.27. The third-order valence-electron chi connectivity index (χ3n) is 9.28. The molecule has 224 valence electrons. The Morgan fingerprint density at radius 3 is 1.52 bits per heavy atom. The van der Waals surface area contributed by atoms with E-state index in [2.05, 4.69) is 159 Å². The Labute approximate surface area is 272 Å². The molecule has 0 bridgehead atoms. The zero-order chi connectivity index (χ0) is 31.3. The minimum Gasteiger partial charge on any atom is -0.228 e. The predicted octanol–water partition coefficient (Wildman–Crippen LogP) is 11.8. The van der Waals surface area contributed by atoms with Gasteiger partial charge in [0.25, 0.3) is 0 Å². The van der Waals surface area contributed by atoms with Gasteiger partial charge in [-0.05, 0) is 51.6 Å². The molecule has 0 spiro atoms. The number of rotatable bonds is 9. The molecule has 1 atom stereocenters. The fourth-order valence-corrected chi connectivity index (χ4v) is 6.46. The maximum Gasteiger partial charge on any atom is 0.160 e. The molecule has 2 heteroatoms. The van der Waals surface area contributed by atoms with Crippen molar-refractivity contribution >= 4 is 10.8 Å². The van der Waals surface area contributed by atoms with Gasteiger partial charge in [0.1, 0.15) is 0 Å². The van der Waals surface area contributed by atoms with Crippen LogP contribution in [0.25, 0.3) is 55.8 Å². The zero-order valence-corrected chi connectivity index (χ0v) is 26.5. The first-order chi connectivity index (χ1) is 22.6. The lowest BCUT2D eigenvalue weighted by Crippen LogP contribution is -2.23. The van der Waals surface area contributed by atoms with Gasteiger partial charge < -0.3 is 0 Å². The zero-order valence-electron chi connectivity index (χ0n) is 26.5. The highest BCUT2D eigenvalue weighted by Gasteiger charge is 2.28. The highest BCUT2D eigenvalue weighted by Crippen LogP contribution is 2.39. The summed E-state index contributed by atoms with van der Waals surface area (Å²) in [5.41, 5.74) is 10.1. The van der Waals surface area contributed by atoms with Gasteiger partial charge in [-0.25, -0.2) is 9.97 Å². The second kappa shape index (κ2) is 12.9. The average molecular weight is 595 g/mol. The van der Waals surface area contributed by atoms with Crippen LogP contribution in [0.1, 0.15) is 44.2 Å². The smallest absolute Gasteiger partial charge is 0.160 e. The second-order valence-corrected chi connectivity index (χ2v) is 12.3. The van der Waals surface area contributed by atoms with E-state index in [1.807, 2.05) is 12.1 Å². The van der Waals surface area contributed by atoms with Crippen LogP contribution >= 0.6 is 0 Å². The number of nitrogens with zero attached hydrogens (tertiary/aromatic N) is 2. The van der Waals surface area contributed by atoms with E-state index in [4.69, 9.17) is 9.97 Å². The molecule has 7 aromatic rings. The van der Waals surface area contributed by atoms with Crippen molar-refractivity contribution in [1.82, 2.24) is 9.97 Å². The predicted molar refractivity (Wildman–Crippen MR) is 194 cm³/mol. The molecule has 0 amide bonds. The van der Waals surface area contributed by atoms with Crippen molar-refractivity contribution in [2.75, 3.05) is 0 Å². The number of hydrogen-bond donors (Lipinski definition) is 0. The summed E-state index contributed by atoms with van der Waals surface area (Å²) in [7, 11) is 0. The van der Waals surface area contributed by atoms with Gasteiger partial charge in [-0.2, -0.15) is 0 Å². The number of hydrogen-bond acceptors (Lipinski definition) is 2. The molecular weight excluding hydrogens is 556 g/mol. The van der Waals surface area contributed by atoms with Gasteiger partial charge in [0.15, 0.2) is 5.82 Å². The van der Waals surface area contributed by atoms with Crippen LogP contribution in [0.4, 0.5) is 0 Å². The number of unbranched alkanes of at least 4 members (excludes halogenated alkanes) is 1. The van der Waals surface area contributed by atoms with E-state index in [0.29, 0.717) is 0 Å². The average Bonchev–Trinajstić information content (AvgIpc) is 3.14. The van der Waals surface area contributed by atoms with E-state index in [1.165, 1.54) is 33.0 Å². The van der Waals surface area contributed by atoms with Crippen molar-refractivity contribution in [2.24, 2.45) is 0 Å². The van der Waals surface area contributed by atoms with Crippen LogP contribution in [0.15, 0.2) is 158 Å². The monoisotopic (exact) mass is 594 g/mol. The maximum absolute atomic E-state index is 5.05. The highest BCUT2D eigenvalue weighted by molar-refractivity contribution is 5.87.